The Balaban J connectivity index is 1.51. The molecule has 0 radical (unpaired) electrons. The lowest BCUT2D eigenvalue weighted by atomic mass is 10.2. The average Bonchev–Trinajstić information content (AvgIpc) is 3.32. The number of anilines is 2. The number of hydrogen-bond acceptors (Lipinski definition) is 6. The normalized spacial score (nSPS) is 12.3. The number of hydrogen-bond donors (Lipinski definition) is 2. The molecule has 36 heavy (non-hydrogen) atoms. The van der Waals surface area contributed by atoms with Gasteiger partial charge in [0.2, 0.25) is 0 Å². The Morgan fingerprint density at radius 1 is 0.639 bits per heavy atom. The molecule has 0 aliphatic rings. The van der Waals surface area contributed by atoms with Gasteiger partial charge >= 0.3 is 0 Å². The van der Waals surface area contributed by atoms with Crippen LogP contribution < -0.4 is 9.44 Å². The quantitative estimate of drug-likeness (QED) is 0.210. The van der Waals surface area contributed by atoms with Crippen molar-refractivity contribution in [2.75, 3.05) is 9.44 Å². The van der Waals surface area contributed by atoms with E-state index in [1.54, 1.807) is 62.4 Å². The largest absolute Gasteiger partial charge is 0.277 e. The van der Waals surface area contributed by atoms with Crippen molar-refractivity contribution in [1.29, 1.82) is 0 Å². The van der Waals surface area contributed by atoms with E-state index in [4.69, 9.17) is 23.2 Å². The molecule has 0 aliphatic carbocycles. The minimum Gasteiger partial charge on any atom is -0.277 e. The summed E-state index contributed by atoms with van der Waals surface area (Å²) in [5.74, 6) is 0. The zero-order valence-electron chi connectivity index (χ0n) is 18.8. The van der Waals surface area contributed by atoms with E-state index in [-0.39, 0.29) is 19.8 Å². The van der Waals surface area contributed by atoms with Crippen molar-refractivity contribution in [3.63, 3.8) is 0 Å². The lowest BCUT2D eigenvalue weighted by molar-refractivity contribution is 0.600. The lowest BCUT2D eigenvalue weighted by Gasteiger charge is -2.14. The third-order valence-electron chi connectivity index (χ3n) is 5.61. The fourth-order valence-electron chi connectivity index (χ4n) is 3.90. The first-order chi connectivity index (χ1) is 17.0. The third kappa shape index (κ3) is 4.57. The van der Waals surface area contributed by atoms with Crippen LogP contribution in [0.4, 0.5) is 11.4 Å². The zero-order valence-corrected chi connectivity index (χ0v) is 23.6. The van der Waals surface area contributed by atoms with Gasteiger partial charge in [-0.05, 0) is 84.3 Å². The van der Waals surface area contributed by atoms with E-state index in [0.29, 0.717) is 21.2 Å². The highest BCUT2D eigenvalue weighted by molar-refractivity contribution is 7.95. The summed E-state index contributed by atoms with van der Waals surface area (Å²) in [7, 11) is -8.03. The Morgan fingerprint density at radius 3 is 1.42 bits per heavy atom. The van der Waals surface area contributed by atoms with Crippen molar-refractivity contribution < 1.29 is 16.8 Å². The molecule has 0 atom stereocenters. The molecule has 0 fully saturated rings. The van der Waals surface area contributed by atoms with Crippen molar-refractivity contribution >= 4 is 97.5 Å². The second kappa shape index (κ2) is 9.20. The molecule has 2 aromatic heterocycles. The number of halogens is 2. The van der Waals surface area contributed by atoms with Crippen molar-refractivity contribution in [3.05, 3.63) is 81.8 Å². The number of sulfonamides is 2. The van der Waals surface area contributed by atoms with Crippen molar-refractivity contribution in [3.8, 4) is 0 Å². The van der Waals surface area contributed by atoms with Gasteiger partial charge in [0.05, 0.1) is 11.4 Å². The van der Waals surface area contributed by atoms with Crippen molar-refractivity contribution in [1.82, 2.24) is 0 Å². The van der Waals surface area contributed by atoms with Gasteiger partial charge < -0.3 is 0 Å². The van der Waals surface area contributed by atoms with Crippen LogP contribution in [0.3, 0.4) is 0 Å². The number of thiophene rings is 2. The number of nitrogens with one attached hydrogen (secondary N) is 2. The minimum absolute atomic E-state index is 0.109. The Morgan fingerprint density at radius 2 is 1.03 bits per heavy atom. The first-order valence-corrected chi connectivity index (χ1v) is 15.8. The summed E-state index contributed by atoms with van der Waals surface area (Å²) in [6.45, 7) is 3.43. The Bertz CT molecular complexity index is 1740. The molecule has 2 heterocycles. The Labute approximate surface area is 226 Å². The molecule has 5 rings (SSSR count). The standard InChI is InChI=1S/C24H18Cl2N2O4S4/c1-13-17-11-15(25)7-9-21(17)33-23(13)35(29,30)27-19-5-3-4-6-20(19)28-36(31,32)24-14(2)18-12-16(26)8-10-22(18)34-24/h3-12,27-28H,1-2H3. The summed E-state index contributed by atoms with van der Waals surface area (Å²) in [4.78, 5) is 0. The fraction of sp³-hybridized carbons (Fsp3) is 0.0833. The van der Waals surface area contributed by atoms with E-state index in [1.807, 2.05) is 0 Å². The first kappa shape index (κ1) is 25.3. The van der Waals surface area contributed by atoms with Gasteiger partial charge in [-0.1, -0.05) is 35.3 Å². The van der Waals surface area contributed by atoms with Crippen LogP contribution in [0.25, 0.3) is 20.2 Å². The Hall–Kier alpha value is -2.34. The monoisotopic (exact) mass is 596 g/mol. The highest BCUT2D eigenvalue weighted by Crippen LogP contribution is 2.39. The van der Waals surface area contributed by atoms with E-state index in [0.717, 1.165) is 42.8 Å². The van der Waals surface area contributed by atoms with Crippen LogP contribution in [0.2, 0.25) is 10.0 Å². The van der Waals surface area contributed by atoms with Gasteiger partial charge in [0, 0.05) is 19.4 Å². The third-order valence-corrected chi connectivity index (χ3v) is 12.6. The summed E-state index contributed by atoms with van der Waals surface area (Å²) in [6.07, 6.45) is 0. The number of fused-ring (bicyclic) bond motifs is 2. The first-order valence-electron chi connectivity index (χ1n) is 10.5. The highest BCUT2D eigenvalue weighted by atomic mass is 35.5. The Kier molecular flexibility index (Phi) is 6.47. The lowest BCUT2D eigenvalue weighted by Crippen LogP contribution is -2.17. The van der Waals surface area contributed by atoms with Crippen LogP contribution in [0, 0.1) is 13.8 Å². The molecule has 2 N–H and O–H groups in total. The van der Waals surface area contributed by atoms with Crippen LogP contribution >= 0.6 is 45.9 Å². The number of rotatable bonds is 6. The molecular formula is C24H18Cl2N2O4S4. The smallest absolute Gasteiger partial charge is 0.271 e. The van der Waals surface area contributed by atoms with Gasteiger partial charge in [0.15, 0.2) is 0 Å². The molecule has 5 aromatic rings. The second-order valence-electron chi connectivity index (χ2n) is 8.07. The maximum atomic E-state index is 13.3. The highest BCUT2D eigenvalue weighted by Gasteiger charge is 2.26. The van der Waals surface area contributed by atoms with Crippen LogP contribution in [-0.4, -0.2) is 16.8 Å². The molecule has 0 bridgehead atoms. The summed E-state index contributed by atoms with van der Waals surface area (Å²) in [5, 5.41) is 2.53. The van der Waals surface area contributed by atoms with Crippen molar-refractivity contribution in [2.24, 2.45) is 0 Å². The maximum absolute atomic E-state index is 13.3. The summed E-state index contributed by atoms with van der Waals surface area (Å²) in [5.41, 5.74) is 1.36. The van der Waals surface area contributed by atoms with E-state index < -0.39 is 20.0 Å². The van der Waals surface area contributed by atoms with Gasteiger partial charge in [0.25, 0.3) is 20.0 Å². The molecule has 0 amide bonds. The average molecular weight is 598 g/mol. The van der Waals surface area contributed by atoms with Gasteiger partial charge in [-0.25, -0.2) is 16.8 Å². The predicted molar refractivity (Wildman–Crippen MR) is 151 cm³/mol. The van der Waals surface area contributed by atoms with E-state index in [1.165, 1.54) is 12.1 Å². The molecular weight excluding hydrogens is 579 g/mol. The number of aryl methyl sites for hydroxylation is 2. The van der Waals surface area contributed by atoms with Crippen molar-refractivity contribution in [2.45, 2.75) is 22.3 Å². The minimum atomic E-state index is -4.02. The molecule has 0 saturated carbocycles. The van der Waals surface area contributed by atoms with Gasteiger partial charge in [-0.3, -0.25) is 9.44 Å². The molecule has 3 aromatic carbocycles. The van der Waals surface area contributed by atoms with E-state index >= 15 is 0 Å². The van der Waals surface area contributed by atoms with Crippen LogP contribution in [0.15, 0.2) is 69.1 Å². The van der Waals surface area contributed by atoms with E-state index in [2.05, 4.69) is 9.44 Å². The molecule has 0 aliphatic heterocycles. The van der Waals surface area contributed by atoms with Gasteiger partial charge in [-0.15, -0.1) is 22.7 Å². The summed E-state index contributed by atoms with van der Waals surface area (Å²) < 4.78 is 60.3. The zero-order chi connectivity index (χ0) is 25.8. The molecule has 6 nitrogen and oxygen atoms in total. The van der Waals surface area contributed by atoms with Crippen LogP contribution in [0.1, 0.15) is 11.1 Å². The molecule has 0 unspecified atom stereocenters. The predicted octanol–water partition coefficient (Wildman–Crippen LogP) is 7.64. The molecule has 186 valence electrons. The SMILES string of the molecule is Cc1c(S(=O)(=O)Nc2ccccc2NS(=O)(=O)c2sc3ccc(Cl)cc3c2C)sc2ccc(Cl)cc12. The summed E-state index contributed by atoms with van der Waals surface area (Å²) >= 11 is 14.4. The molecule has 0 saturated heterocycles. The molecule has 12 heteroatoms. The number of benzene rings is 3. The second-order valence-corrected chi connectivity index (χ2v) is 14.8. The van der Waals surface area contributed by atoms with Crippen LogP contribution in [-0.2, 0) is 20.0 Å². The van der Waals surface area contributed by atoms with Gasteiger partial charge in [0.1, 0.15) is 8.42 Å². The number of para-hydroxylation sites is 2. The van der Waals surface area contributed by atoms with Gasteiger partial charge in [-0.2, -0.15) is 0 Å². The summed E-state index contributed by atoms with van der Waals surface area (Å²) in [6, 6.07) is 16.7. The maximum Gasteiger partial charge on any atom is 0.271 e. The molecule has 0 spiro atoms. The fourth-order valence-corrected chi connectivity index (χ4v) is 9.90. The topological polar surface area (TPSA) is 92.3 Å². The van der Waals surface area contributed by atoms with E-state index in [9.17, 15) is 16.8 Å². The van der Waals surface area contributed by atoms with Crippen LogP contribution in [0.5, 0.6) is 0 Å².